The van der Waals surface area contributed by atoms with Crippen LogP contribution in [0.4, 0.5) is 0 Å². The molecule has 0 unspecified atom stereocenters. The topological polar surface area (TPSA) is 38.4 Å². The van der Waals surface area contributed by atoms with Crippen LogP contribution in [0.3, 0.4) is 0 Å². The van der Waals surface area contributed by atoms with E-state index in [0.717, 1.165) is 11.3 Å². The van der Waals surface area contributed by atoms with Gasteiger partial charge in [0.15, 0.2) is 5.17 Å². The van der Waals surface area contributed by atoms with Crippen molar-refractivity contribution < 1.29 is 0 Å². The summed E-state index contributed by atoms with van der Waals surface area (Å²) in [4.78, 5) is 3.84. The van der Waals surface area contributed by atoms with E-state index in [9.17, 15) is 0 Å². The predicted molar refractivity (Wildman–Crippen MR) is 75.6 cm³/mol. The Labute approximate surface area is 114 Å². The number of hydrogen-bond donors (Lipinski definition) is 1. The molecular weight excluding hydrogens is 319 g/mol. The highest BCUT2D eigenvalue weighted by Gasteiger charge is 2.00. The Morgan fingerprint density at radius 3 is 2.60 bits per heavy atom. The standard InChI is InChI=1S/C9H10Cl2N2S.BrH/c1-13-9(12)14-5-6-2-3-7(10)8(11)4-6;/h2-4H,5H2,1H3,(H2,12,13);1H. The first-order valence-electron chi connectivity index (χ1n) is 3.92. The van der Waals surface area contributed by atoms with Crippen LogP contribution in [0.2, 0.25) is 10.0 Å². The maximum absolute atomic E-state index is 5.86. The molecule has 0 atom stereocenters. The molecule has 0 spiro atoms. The molecule has 0 fully saturated rings. The zero-order valence-corrected chi connectivity index (χ0v) is 12.1. The zero-order valence-electron chi connectivity index (χ0n) is 8.04. The first-order valence-corrected chi connectivity index (χ1v) is 5.66. The molecule has 1 aromatic rings. The molecule has 2 N–H and O–H groups in total. The van der Waals surface area contributed by atoms with Crippen LogP contribution in [0.25, 0.3) is 0 Å². The molecule has 1 rings (SSSR count). The van der Waals surface area contributed by atoms with Crippen molar-refractivity contribution in [1.29, 1.82) is 0 Å². The molecule has 0 saturated carbocycles. The number of hydrogen-bond acceptors (Lipinski definition) is 2. The van der Waals surface area contributed by atoms with Gasteiger partial charge in [-0.3, -0.25) is 4.99 Å². The number of nitrogens with two attached hydrogens (primary N) is 1. The average Bonchev–Trinajstić information content (AvgIpc) is 2.19. The average molecular weight is 330 g/mol. The lowest BCUT2D eigenvalue weighted by Crippen LogP contribution is -2.05. The second-order valence-electron chi connectivity index (χ2n) is 2.60. The van der Waals surface area contributed by atoms with Gasteiger partial charge in [0.05, 0.1) is 10.0 Å². The van der Waals surface area contributed by atoms with Gasteiger partial charge in [0.1, 0.15) is 0 Å². The summed E-state index contributed by atoms with van der Waals surface area (Å²) in [5.74, 6) is 0.750. The fourth-order valence-electron chi connectivity index (χ4n) is 0.851. The lowest BCUT2D eigenvalue weighted by Gasteiger charge is -2.02. The summed E-state index contributed by atoms with van der Waals surface area (Å²) in [6.45, 7) is 0. The van der Waals surface area contributed by atoms with E-state index >= 15 is 0 Å². The Bertz CT molecular complexity index is 358. The van der Waals surface area contributed by atoms with E-state index in [1.54, 1.807) is 13.1 Å². The summed E-state index contributed by atoms with van der Waals surface area (Å²) in [6, 6.07) is 5.53. The van der Waals surface area contributed by atoms with E-state index in [-0.39, 0.29) is 17.0 Å². The molecule has 0 amide bonds. The molecule has 0 aliphatic heterocycles. The quantitative estimate of drug-likeness (QED) is 0.663. The van der Waals surface area contributed by atoms with Crippen molar-refractivity contribution in [2.24, 2.45) is 10.7 Å². The van der Waals surface area contributed by atoms with Gasteiger partial charge in [-0.2, -0.15) is 0 Å². The van der Waals surface area contributed by atoms with Crippen LogP contribution in [0.15, 0.2) is 23.2 Å². The second kappa shape index (κ2) is 7.39. The largest absolute Gasteiger partial charge is 0.379 e. The number of thioether (sulfide) groups is 1. The van der Waals surface area contributed by atoms with Crippen molar-refractivity contribution in [2.45, 2.75) is 5.75 Å². The number of halogens is 3. The summed E-state index contributed by atoms with van der Waals surface area (Å²) in [5, 5.41) is 1.70. The molecule has 0 aromatic heterocycles. The number of aliphatic imine (C=N–C) groups is 1. The molecule has 15 heavy (non-hydrogen) atoms. The van der Waals surface area contributed by atoms with Crippen molar-refractivity contribution in [3.8, 4) is 0 Å². The molecule has 6 heteroatoms. The van der Waals surface area contributed by atoms with Gasteiger partial charge in [-0.05, 0) is 17.7 Å². The summed E-state index contributed by atoms with van der Waals surface area (Å²) >= 11 is 13.1. The maximum atomic E-state index is 5.86. The van der Waals surface area contributed by atoms with E-state index < -0.39 is 0 Å². The van der Waals surface area contributed by atoms with Crippen molar-refractivity contribution in [3.63, 3.8) is 0 Å². The van der Waals surface area contributed by atoms with Gasteiger partial charge in [0, 0.05) is 12.8 Å². The highest BCUT2D eigenvalue weighted by molar-refractivity contribution is 8.93. The fraction of sp³-hybridized carbons (Fsp3) is 0.222. The van der Waals surface area contributed by atoms with Crippen LogP contribution in [0.1, 0.15) is 5.56 Å². The monoisotopic (exact) mass is 328 g/mol. The van der Waals surface area contributed by atoms with Crippen molar-refractivity contribution in [1.82, 2.24) is 0 Å². The summed E-state index contributed by atoms with van der Waals surface area (Å²) in [5.41, 5.74) is 6.62. The number of rotatable bonds is 2. The summed E-state index contributed by atoms with van der Waals surface area (Å²) in [7, 11) is 1.66. The summed E-state index contributed by atoms with van der Waals surface area (Å²) < 4.78 is 0. The minimum atomic E-state index is 0. The van der Waals surface area contributed by atoms with Crippen molar-refractivity contribution in [3.05, 3.63) is 33.8 Å². The van der Waals surface area contributed by atoms with E-state index in [0.29, 0.717) is 15.2 Å². The highest BCUT2D eigenvalue weighted by Crippen LogP contribution is 2.24. The third-order valence-electron chi connectivity index (χ3n) is 1.59. The van der Waals surface area contributed by atoms with Crippen LogP contribution in [0, 0.1) is 0 Å². The van der Waals surface area contributed by atoms with Gasteiger partial charge < -0.3 is 5.73 Å². The Morgan fingerprint density at radius 2 is 2.07 bits per heavy atom. The van der Waals surface area contributed by atoms with Crippen LogP contribution in [-0.2, 0) is 5.75 Å². The first-order chi connectivity index (χ1) is 6.63. The second-order valence-corrected chi connectivity index (χ2v) is 4.41. The number of nitrogens with zero attached hydrogens (tertiary/aromatic N) is 1. The molecule has 0 aliphatic rings. The fourth-order valence-corrected chi connectivity index (χ4v) is 1.80. The van der Waals surface area contributed by atoms with Gasteiger partial charge in [-0.25, -0.2) is 0 Å². The van der Waals surface area contributed by atoms with Crippen LogP contribution in [-0.4, -0.2) is 12.2 Å². The predicted octanol–water partition coefficient (Wildman–Crippen LogP) is 3.75. The van der Waals surface area contributed by atoms with Crippen molar-refractivity contribution in [2.75, 3.05) is 7.05 Å². The van der Waals surface area contributed by atoms with Gasteiger partial charge in [0.2, 0.25) is 0 Å². The van der Waals surface area contributed by atoms with Crippen LogP contribution < -0.4 is 5.73 Å². The Kier molecular flexibility index (Phi) is 7.44. The minimum absolute atomic E-state index is 0. The molecule has 0 heterocycles. The lowest BCUT2D eigenvalue weighted by molar-refractivity contribution is 1.41. The lowest BCUT2D eigenvalue weighted by atomic mass is 10.2. The molecule has 2 nitrogen and oxygen atoms in total. The SMILES string of the molecule is Br.CN=C(N)SCc1ccc(Cl)c(Cl)c1. The van der Waals surface area contributed by atoms with Gasteiger partial charge in [0.25, 0.3) is 0 Å². The zero-order chi connectivity index (χ0) is 10.6. The van der Waals surface area contributed by atoms with E-state index in [1.165, 1.54) is 11.8 Å². The van der Waals surface area contributed by atoms with Crippen LogP contribution in [0.5, 0.6) is 0 Å². The third kappa shape index (κ3) is 5.11. The summed E-state index contributed by atoms with van der Waals surface area (Å²) in [6.07, 6.45) is 0. The molecular formula is C9H11BrCl2N2S. The number of amidine groups is 1. The van der Waals surface area contributed by atoms with Crippen LogP contribution >= 0.6 is 51.9 Å². The molecule has 0 saturated heterocycles. The highest BCUT2D eigenvalue weighted by atomic mass is 79.9. The van der Waals surface area contributed by atoms with E-state index in [2.05, 4.69) is 4.99 Å². The van der Waals surface area contributed by atoms with E-state index in [1.807, 2.05) is 12.1 Å². The minimum Gasteiger partial charge on any atom is -0.379 e. The molecule has 1 aromatic carbocycles. The van der Waals surface area contributed by atoms with Gasteiger partial charge in [-0.1, -0.05) is 41.0 Å². The Morgan fingerprint density at radius 1 is 1.40 bits per heavy atom. The van der Waals surface area contributed by atoms with Gasteiger partial charge in [-0.15, -0.1) is 17.0 Å². The molecule has 0 radical (unpaired) electrons. The molecule has 0 aliphatic carbocycles. The first kappa shape index (κ1) is 15.1. The number of benzene rings is 1. The smallest absolute Gasteiger partial charge is 0.153 e. The maximum Gasteiger partial charge on any atom is 0.153 e. The Balaban J connectivity index is 0.00000196. The normalized spacial score (nSPS) is 11.0. The molecule has 84 valence electrons. The molecule has 0 bridgehead atoms. The van der Waals surface area contributed by atoms with Gasteiger partial charge >= 0.3 is 0 Å². The Hall–Kier alpha value is 0.1000. The van der Waals surface area contributed by atoms with E-state index in [4.69, 9.17) is 28.9 Å². The van der Waals surface area contributed by atoms with Crippen molar-refractivity contribution >= 4 is 57.1 Å². The third-order valence-corrected chi connectivity index (χ3v) is 3.29.